The fourth-order valence-electron chi connectivity index (χ4n) is 1.82. The maximum absolute atomic E-state index is 11.7. The van der Waals surface area contributed by atoms with Crippen LogP contribution in [0.5, 0.6) is 11.8 Å². The Morgan fingerprint density at radius 1 is 1.05 bits per heavy atom. The fourth-order valence-corrected chi connectivity index (χ4v) is 1.82. The molecule has 0 aliphatic carbocycles. The summed E-state index contributed by atoms with van der Waals surface area (Å²) in [4.78, 5) is 35.2. The third-order valence-corrected chi connectivity index (χ3v) is 2.76. The number of carbonyl (C=O) groups is 3. The molecule has 0 bridgehead atoms. The molecule has 0 radical (unpaired) electrons. The second-order valence-electron chi connectivity index (χ2n) is 4.04. The van der Waals surface area contributed by atoms with E-state index in [1.165, 1.54) is 24.3 Å². The van der Waals surface area contributed by atoms with Gasteiger partial charge in [-0.25, -0.2) is 4.57 Å². The summed E-state index contributed by atoms with van der Waals surface area (Å²) in [5.41, 5.74) is 0. The van der Waals surface area contributed by atoms with Crippen molar-refractivity contribution >= 4 is 17.7 Å². The molecule has 2 amide bonds. The van der Waals surface area contributed by atoms with E-state index in [9.17, 15) is 24.6 Å². The van der Waals surface area contributed by atoms with Crippen molar-refractivity contribution < 1.29 is 24.6 Å². The van der Waals surface area contributed by atoms with Crippen molar-refractivity contribution in [2.75, 3.05) is 6.54 Å². The SMILES string of the molecule is O=C1C=CC(=O)N1CCCC(=O)n1c(O)ccc1O. The number of nitrogens with zero attached hydrogens (tertiary/aromatic N) is 2. The minimum absolute atomic E-state index is 0.00708. The van der Waals surface area contributed by atoms with Crippen molar-refractivity contribution in [2.45, 2.75) is 12.8 Å². The molecule has 0 unspecified atom stereocenters. The van der Waals surface area contributed by atoms with E-state index in [1.807, 2.05) is 0 Å². The summed E-state index contributed by atoms with van der Waals surface area (Å²) < 4.78 is 0.770. The highest BCUT2D eigenvalue weighted by Gasteiger charge is 2.23. The van der Waals surface area contributed by atoms with Gasteiger partial charge in [0.2, 0.25) is 17.7 Å². The molecule has 1 aromatic rings. The van der Waals surface area contributed by atoms with E-state index in [1.54, 1.807) is 0 Å². The Hall–Kier alpha value is -2.57. The Morgan fingerprint density at radius 3 is 2.11 bits per heavy atom. The minimum atomic E-state index is -0.507. The molecule has 1 aromatic heterocycles. The molecule has 7 heteroatoms. The zero-order valence-corrected chi connectivity index (χ0v) is 9.94. The topological polar surface area (TPSA) is 99.8 Å². The molecule has 0 atom stereocenters. The van der Waals surface area contributed by atoms with Gasteiger partial charge in [-0.3, -0.25) is 19.3 Å². The predicted octanol–water partition coefficient (Wildman–Crippen LogP) is 0.245. The van der Waals surface area contributed by atoms with Crippen LogP contribution in [0.4, 0.5) is 0 Å². The maximum Gasteiger partial charge on any atom is 0.253 e. The number of hydrogen-bond donors (Lipinski definition) is 2. The summed E-state index contributed by atoms with van der Waals surface area (Å²) in [6.07, 6.45) is 2.60. The predicted molar refractivity (Wildman–Crippen MR) is 63.5 cm³/mol. The van der Waals surface area contributed by atoms with Crippen molar-refractivity contribution in [3.05, 3.63) is 24.3 Å². The lowest BCUT2D eigenvalue weighted by atomic mass is 10.2. The first kappa shape index (κ1) is 12.9. The lowest BCUT2D eigenvalue weighted by molar-refractivity contribution is -0.136. The number of hydrogen-bond acceptors (Lipinski definition) is 5. The normalized spacial score (nSPS) is 14.4. The van der Waals surface area contributed by atoms with E-state index in [2.05, 4.69) is 0 Å². The third-order valence-electron chi connectivity index (χ3n) is 2.76. The maximum atomic E-state index is 11.7. The largest absolute Gasteiger partial charge is 0.494 e. The molecule has 7 nitrogen and oxygen atoms in total. The Bertz CT molecular complexity index is 535. The van der Waals surface area contributed by atoms with Crippen LogP contribution in [0.25, 0.3) is 0 Å². The summed E-state index contributed by atoms with van der Waals surface area (Å²) in [5, 5.41) is 18.7. The van der Waals surface area contributed by atoms with Crippen LogP contribution in [0.3, 0.4) is 0 Å². The van der Waals surface area contributed by atoms with Crippen LogP contribution >= 0.6 is 0 Å². The molecular formula is C12H12N2O5. The number of aromatic nitrogens is 1. The third kappa shape index (κ3) is 2.49. The smallest absolute Gasteiger partial charge is 0.253 e. The molecule has 0 spiro atoms. The van der Waals surface area contributed by atoms with Crippen LogP contribution in [0.15, 0.2) is 24.3 Å². The Labute approximate surface area is 108 Å². The zero-order chi connectivity index (χ0) is 14.0. The van der Waals surface area contributed by atoms with E-state index < -0.39 is 17.7 Å². The number of rotatable bonds is 4. The van der Waals surface area contributed by atoms with Crippen LogP contribution in [-0.2, 0) is 9.59 Å². The van der Waals surface area contributed by atoms with Gasteiger partial charge in [-0.05, 0) is 6.42 Å². The molecule has 0 saturated heterocycles. The van der Waals surface area contributed by atoms with Crippen molar-refractivity contribution in [2.24, 2.45) is 0 Å². The zero-order valence-electron chi connectivity index (χ0n) is 9.94. The van der Waals surface area contributed by atoms with Gasteiger partial charge in [-0.15, -0.1) is 0 Å². The van der Waals surface area contributed by atoms with Crippen molar-refractivity contribution in [3.8, 4) is 11.8 Å². The Morgan fingerprint density at radius 2 is 1.58 bits per heavy atom. The molecule has 19 heavy (non-hydrogen) atoms. The number of imide groups is 1. The van der Waals surface area contributed by atoms with E-state index in [0.29, 0.717) is 0 Å². The number of carbonyl (C=O) groups excluding carboxylic acids is 3. The average molecular weight is 264 g/mol. The van der Waals surface area contributed by atoms with Crippen molar-refractivity contribution in [1.82, 2.24) is 9.47 Å². The van der Waals surface area contributed by atoms with Crippen LogP contribution in [-0.4, -0.2) is 43.9 Å². The highest BCUT2D eigenvalue weighted by atomic mass is 16.3. The molecule has 0 fully saturated rings. The molecule has 2 heterocycles. The van der Waals surface area contributed by atoms with Crippen molar-refractivity contribution in [3.63, 3.8) is 0 Å². The molecule has 1 aliphatic heterocycles. The standard InChI is InChI=1S/C12H12N2O5/c15-8-3-4-9(16)13(8)7-1-2-10(17)14-11(18)5-6-12(14)19/h3-6,18-19H,1-2,7H2. The second-order valence-corrected chi connectivity index (χ2v) is 4.04. The van der Waals surface area contributed by atoms with E-state index in [4.69, 9.17) is 0 Å². The van der Waals surface area contributed by atoms with Crippen molar-refractivity contribution in [1.29, 1.82) is 0 Å². The van der Waals surface area contributed by atoms with Crippen LogP contribution in [0, 0.1) is 0 Å². The summed E-state index contributed by atoms with van der Waals surface area (Å²) in [6.45, 7) is 0.124. The monoisotopic (exact) mass is 264 g/mol. The second kappa shape index (κ2) is 4.97. The van der Waals surface area contributed by atoms with Gasteiger partial charge in [0.25, 0.3) is 11.8 Å². The summed E-state index contributed by atoms with van der Waals surface area (Å²) in [7, 11) is 0. The molecule has 2 N–H and O–H groups in total. The first-order chi connectivity index (χ1) is 9.00. The fraction of sp³-hybridized carbons (Fsp3) is 0.250. The first-order valence-electron chi connectivity index (χ1n) is 5.67. The van der Waals surface area contributed by atoms with Gasteiger partial charge in [0.15, 0.2) is 0 Å². The van der Waals surface area contributed by atoms with Gasteiger partial charge in [0.1, 0.15) is 0 Å². The molecular weight excluding hydrogens is 252 g/mol. The summed E-state index contributed by atoms with van der Waals surface area (Å²) in [5.74, 6) is -2.00. The lowest BCUT2D eigenvalue weighted by Gasteiger charge is -2.13. The molecule has 100 valence electrons. The number of amides is 2. The summed E-state index contributed by atoms with van der Waals surface area (Å²) in [6, 6.07) is 2.40. The molecule has 2 rings (SSSR count). The van der Waals surface area contributed by atoms with E-state index >= 15 is 0 Å². The van der Waals surface area contributed by atoms with Crippen LogP contribution in [0.2, 0.25) is 0 Å². The lowest BCUT2D eigenvalue weighted by Crippen LogP contribution is -2.31. The van der Waals surface area contributed by atoms with E-state index in [0.717, 1.165) is 9.47 Å². The van der Waals surface area contributed by atoms with Crippen LogP contribution < -0.4 is 0 Å². The van der Waals surface area contributed by atoms with Gasteiger partial charge in [0.05, 0.1) is 0 Å². The van der Waals surface area contributed by atoms with Gasteiger partial charge in [0, 0.05) is 37.3 Å². The first-order valence-corrected chi connectivity index (χ1v) is 5.67. The Kier molecular flexibility index (Phi) is 3.37. The molecule has 1 aliphatic rings. The molecule has 0 saturated carbocycles. The highest BCUT2D eigenvalue weighted by molar-refractivity contribution is 6.12. The number of aromatic hydroxyl groups is 2. The average Bonchev–Trinajstić information content (AvgIpc) is 2.85. The van der Waals surface area contributed by atoms with E-state index in [-0.39, 0.29) is 31.1 Å². The van der Waals surface area contributed by atoms with Crippen LogP contribution in [0.1, 0.15) is 17.6 Å². The Balaban J connectivity index is 1.88. The highest BCUT2D eigenvalue weighted by Crippen LogP contribution is 2.21. The van der Waals surface area contributed by atoms with Gasteiger partial charge in [-0.2, -0.15) is 0 Å². The molecule has 0 aromatic carbocycles. The minimum Gasteiger partial charge on any atom is -0.494 e. The summed E-state index contributed by atoms with van der Waals surface area (Å²) >= 11 is 0. The van der Waals surface area contributed by atoms with Gasteiger partial charge >= 0.3 is 0 Å². The quantitative estimate of drug-likeness (QED) is 0.759. The van der Waals surface area contributed by atoms with Gasteiger partial charge < -0.3 is 10.2 Å². The van der Waals surface area contributed by atoms with Gasteiger partial charge in [-0.1, -0.05) is 0 Å².